The summed E-state index contributed by atoms with van der Waals surface area (Å²) in [7, 11) is 1.54. The summed E-state index contributed by atoms with van der Waals surface area (Å²) in [5.74, 6) is -1.05. The third-order valence-corrected chi connectivity index (χ3v) is 5.36. The summed E-state index contributed by atoms with van der Waals surface area (Å²) in [5.41, 5.74) is 3.13. The van der Waals surface area contributed by atoms with Crippen molar-refractivity contribution in [2.24, 2.45) is 0 Å². The highest BCUT2D eigenvalue weighted by Gasteiger charge is 2.25. The summed E-state index contributed by atoms with van der Waals surface area (Å²) >= 11 is 0. The maximum Gasteiger partial charge on any atom is 0.339 e. The molecule has 29 heavy (non-hydrogen) atoms. The summed E-state index contributed by atoms with van der Waals surface area (Å²) in [6, 6.07) is 7.48. The molecular formula is C22H27N3O4. The van der Waals surface area contributed by atoms with Crippen LogP contribution >= 0.6 is 0 Å². The third kappa shape index (κ3) is 4.39. The Morgan fingerprint density at radius 2 is 1.79 bits per heavy atom. The molecule has 154 valence electrons. The predicted octanol–water partition coefficient (Wildman–Crippen LogP) is 2.21. The zero-order chi connectivity index (χ0) is 21.0. The Morgan fingerprint density at radius 1 is 1.07 bits per heavy atom. The first-order chi connectivity index (χ1) is 14.0. The smallest absolute Gasteiger partial charge is 0.339 e. The second kappa shape index (κ2) is 9.03. The number of ether oxygens (including phenoxy) is 1. The van der Waals surface area contributed by atoms with Crippen molar-refractivity contribution in [1.29, 1.82) is 0 Å². The number of amides is 2. The van der Waals surface area contributed by atoms with Gasteiger partial charge in [0.1, 0.15) is 0 Å². The molecule has 1 aromatic carbocycles. The van der Waals surface area contributed by atoms with Crippen LogP contribution in [0.1, 0.15) is 41.9 Å². The highest BCUT2D eigenvalue weighted by Crippen LogP contribution is 2.30. The van der Waals surface area contributed by atoms with Gasteiger partial charge in [-0.3, -0.25) is 14.6 Å². The maximum atomic E-state index is 12.9. The van der Waals surface area contributed by atoms with Gasteiger partial charge in [0.25, 0.3) is 5.91 Å². The molecule has 1 aliphatic carbocycles. The Hall–Kier alpha value is -2.96. The monoisotopic (exact) mass is 397 g/mol. The zero-order valence-corrected chi connectivity index (χ0v) is 17.2. The fourth-order valence-corrected chi connectivity index (χ4v) is 3.72. The van der Waals surface area contributed by atoms with Crippen LogP contribution in [0.15, 0.2) is 24.3 Å². The van der Waals surface area contributed by atoms with E-state index < -0.39 is 18.5 Å². The minimum absolute atomic E-state index is 0.0361. The molecule has 0 fully saturated rings. The van der Waals surface area contributed by atoms with Crippen LogP contribution in [-0.2, 0) is 27.2 Å². The number of aryl methyl sites for hydroxylation is 1. The number of esters is 1. The molecule has 0 aliphatic heterocycles. The van der Waals surface area contributed by atoms with Crippen molar-refractivity contribution >= 4 is 28.7 Å². The molecule has 0 spiro atoms. The average molecular weight is 397 g/mol. The van der Waals surface area contributed by atoms with E-state index in [1.54, 1.807) is 4.90 Å². The van der Waals surface area contributed by atoms with E-state index in [1.165, 1.54) is 11.9 Å². The Morgan fingerprint density at radius 3 is 2.52 bits per heavy atom. The highest BCUT2D eigenvalue weighted by atomic mass is 16.5. The Kier molecular flexibility index (Phi) is 6.46. The molecular weight excluding hydrogens is 370 g/mol. The van der Waals surface area contributed by atoms with Gasteiger partial charge in [-0.05, 0) is 44.7 Å². The highest BCUT2D eigenvalue weighted by molar-refractivity contribution is 6.05. The molecule has 7 heteroatoms. The molecule has 7 nitrogen and oxygen atoms in total. The molecule has 0 bridgehead atoms. The molecule has 2 aromatic rings. The summed E-state index contributed by atoms with van der Waals surface area (Å²) in [5, 5.41) is 0.746. The number of carbonyl (C=O) groups is 3. The van der Waals surface area contributed by atoms with Gasteiger partial charge < -0.3 is 14.5 Å². The van der Waals surface area contributed by atoms with Gasteiger partial charge in [0.05, 0.1) is 17.6 Å². The van der Waals surface area contributed by atoms with Crippen molar-refractivity contribution in [3.63, 3.8) is 0 Å². The summed E-state index contributed by atoms with van der Waals surface area (Å²) < 4.78 is 5.36. The number of hydrogen-bond donors (Lipinski definition) is 0. The number of benzene rings is 1. The Balaban J connectivity index is 1.70. The number of nitrogens with zero attached hydrogens (tertiary/aromatic N) is 3. The molecule has 2 amide bonds. The Labute approximate surface area is 170 Å². The quantitative estimate of drug-likeness (QED) is 0.669. The van der Waals surface area contributed by atoms with E-state index in [1.807, 2.05) is 38.1 Å². The van der Waals surface area contributed by atoms with Gasteiger partial charge in [-0.15, -0.1) is 0 Å². The van der Waals surface area contributed by atoms with Crippen LogP contribution in [0.3, 0.4) is 0 Å². The molecule has 3 rings (SSSR count). The minimum Gasteiger partial charge on any atom is -0.452 e. The van der Waals surface area contributed by atoms with Crippen molar-refractivity contribution < 1.29 is 19.1 Å². The largest absolute Gasteiger partial charge is 0.452 e. The second-order valence-electron chi connectivity index (χ2n) is 7.17. The van der Waals surface area contributed by atoms with E-state index in [2.05, 4.69) is 4.98 Å². The first kappa shape index (κ1) is 20.8. The molecule has 0 unspecified atom stereocenters. The first-order valence-electron chi connectivity index (χ1n) is 10.1. The SMILES string of the molecule is CCN(CC)C(=O)CN(C)C(=O)COC(=O)c1c2c(nc3ccccc13)CCC2. The summed E-state index contributed by atoms with van der Waals surface area (Å²) in [6.45, 7) is 4.53. The first-order valence-corrected chi connectivity index (χ1v) is 10.1. The fraction of sp³-hybridized carbons (Fsp3) is 0.455. The molecule has 0 radical (unpaired) electrons. The number of hydrogen-bond acceptors (Lipinski definition) is 5. The molecule has 0 saturated carbocycles. The van der Waals surface area contributed by atoms with E-state index in [4.69, 9.17) is 4.74 Å². The van der Waals surface area contributed by atoms with Crippen molar-refractivity contribution in [2.45, 2.75) is 33.1 Å². The van der Waals surface area contributed by atoms with Crippen LogP contribution in [0, 0.1) is 0 Å². The topological polar surface area (TPSA) is 79.8 Å². The number of aromatic nitrogens is 1. The van der Waals surface area contributed by atoms with Crippen LogP contribution < -0.4 is 0 Å². The lowest BCUT2D eigenvalue weighted by Crippen LogP contribution is -2.42. The normalized spacial score (nSPS) is 12.5. The van der Waals surface area contributed by atoms with E-state index in [-0.39, 0.29) is 12.5 Å². The van der Waals surface area contributed by atoms with E-state index >= 15 is 0 Å². The number of fused-ring (bicyclic) bond motifs is 2. The van der Waals surface area contributed by atoms with Crippen LogP contribution in [0.25, 0.3) is 10.9 Å². The number of likely N-dealkylation sites (N-methyl/N-ethyl adjacent to an activating group) is 2. The number of pyridine rings is 1. The van der Waals surface area contributed by atoms with Gasteiger partial charge in [0.15, 0.2) is 6.61 Å². The molecule has 1 heterocycles. The maximum absolute atomic E-state index is 12.9. The molecule has 1 aliphatic rings. The summed E-state index contributed by atoms with van der Waals surface area (Å²) in [6.07, 6.45) is 2.58. The van der Waals surface area contributed by atoms with E-state index in [9.17, 15) is 14.4 Å². The lowest BCUT2D eigenvalue weighted by molar-refractivity contribution is -0.140. The molecule has 1 aromatic heterocycles. The number of rotatable bonds is 7. The lowest BCUT2D eigenvalue weighted by atomic mass is 10.0. The molecule has 0 N–H and O–H groups in total. The van der Waals surface area contributed by atoms with Crippen molar-refractivity contribution in [2.75, 3.05) is 33.3 Å². The van der Waals surface area contributed by atoms with Gasteiger partial charge in [0, 0.05) is 31.2 Å². The molecule has 0 saturated heterocycles. The average Bonchev–Trinajstić information content (AvgIpc) is 3.18. The Bertz CT molecular complexity index is 937. The minimum atomic E-state index is -0.515. The predicted molar refractivity (Wildman–Crippen MR) is 110 cm³/mol. The number of carbonyl (C=O) groups excluding carboxylic acids is 3. The van der Waals surface area contributed by atoms with Gasteiger partial charge in [-0.2, -0.15) is 0 Å². The van der Waals surface area contributed by atoms with Gasteiger partial charge in [-0.1, -0.05) is 18.2 Å². The third-order valence-electron chi connectivity index (χ3n) is 5.36. The molecule has 0 atom stereocenters. The zero-order valence-electron chi connectivity index (χ0n) is 17.2. The van der Waals surface area contributed by atoms with Crippen molar-refractivity contribution in [3.8, 4) is 0 Å². The second-order valence-corrected chi connectivity index (χ2v) is 7.17. The van der Waals surface area contributed by atoms with Crippen LogP contribution in [0.5, 0.6) is 0 Å². The summed E-state index contributed by atoms with van der Waals surface area (Å²) in [4.78, 5) is 45.0. The van der Waals surface area contributed by atoms with E-state index in [0.29, 0.717) is 18.7 Å². The fourth-order valence-electron chi connectivity index (χ4n) is 3.72. The van der Waals surface area contributed by atoms with Gasteiger partial charge in [0.2, 0.25) is 5.91 Å². The van der Waals surface area contributed by atoms with Crippen LogP contribution in [0.4, 0.5) is 0 Å². The van der Waals surface area contributed by atoms with Crippen molar-refractivity contribution in [3.05, 3.63) is 41.1 Å². The van der Waals surface area contributed by atoms with Gasteiger partial charge >= 0.3 is 5.97 Å². The van der Waals surface area contributed by atoms with Gasteiger partial charge in [-0.25, -0.2) is 4.79 Å². The standard InChI is InChI=1S/C22H27N3O4/c1-4-25(5-2)19(26)13-24(3)20(27)14-29-22(28)21-15-9-6-7-11-17(15)23-18-12-8-10-16(18)21/h6-7,9,11H,4-5,8,10,12-14H2,1-3H3. The van der Waals surface area contributed by atoms with Crippen LogP contribution in [0.2, 0.25) is 0 Å². The van der Waals surface area contributed by atoms with Crippen LogP contribution in [-0.4, -0.2) is 65.9 Å². The lowest BCUT2D eigenvalue weighted by Gasteiger charge is -2.23. The number of para-hydroxylation sites is 1. The van der Waals surface area contributed by atoms with Crippen molar-refractivity contribution in [1.82, 2.24) is 14.8 Å². The van der Waals surface area contributed by atoms with E-state index in [0.717, 1.165) is 41.4 Å².